The average Bonchev–Trinajstić information content (AvgIpc) is 2.88. The first-order valence-corrected chi connectivity index (χ1v) is 5.99. The van der Waals surface area contributed by atoms with Crippen molar-refractivity contribution in [2.24, 2.45) is 5.73 Å². The van der Waals surface area contributed by atoms with Crippen molar-refractivity contribution in [2.75, 3.05) is 13.2 Å². The lowest BCUT2D eigenvalue weighted by Gasteiger charge is -2.25. The van der Waals surface area contributed by atoms with Gasteiger partial charge in [-0.2, -0.15) is 0 Å². The molecule has 0 saturated carbocycles. The van der Waals surface area contributed by atoms with Crippen LogP contribution in [0.1, 0.15) is 18.0 Å². The Morgan fingerprint density at radius 1 is 1.37 bits per heavy atom. The maximum atomic E-state index is 12.1. The molecule has 2 atom stereocenters. The van der Waals surface area contributed by atoms with Gasteiger partial charge in [-0.05, 0) is 5.56 Å². The molecule has 102 valence electrons. The topological polar surface area (TPSA) is 102 Å². The first-order valence-electron chi connectivity index (χ1n) is 5.99. The Kier molecular flexibility index (Phi) is 3.82. The van der Waals surface area contributed by atoms with Gasteiger partial charge in [0.2, 0.25) is 5.91 Å². The van der Waals surface area contributed by atoms with Crippen LogP contribution in [-0.4, -0.2) is 35.7 Å². The van der Waals surface area contributed by atoms with Crippen LogP contribution in [0, 0.1) is 0 Å². The molecule has 1 aromatic rings. The third-order valence-corrected chi connectivity index (χ3v) is 3.23. The maximum absolute atomic E-state index is 12.1. The SMILES string of the molecule is N[C@H](C(=O)NC1(C(=O)O)CCOC1)c1ccccc1. The predicted molar refractivity (Wildman–Crippen MR) is 67.3 cm³/mol. The van der Waals surface area contributed by atoms with Crippen molar-refractivity contribution in [3.05, 3.63) is 35.9 Å². The van der Waals surface area contributed by atoms with Gasteiger partial charge in [-0.15, -0.1) is 0 Å². The van der Waals surface area contributed by atoms with Crippen molar-refractivity contribution in [3.63, 3.8) is 0 Å². The molecule has 0 aliphatic carbocycles. The van der Waals surface area contributed by atoms with Crippen molar-refractivity contribution in [2.45, 2.75) is 18.0 Å². The number of nitrogens with one attached hydrogen (secondary N) is 1. The summed E-state index contributed by atoms with van der Waals surface area (Å²) in [5.74, 6) is -1.61. The average molecular weight is 264 g/mol. The van der Waals surface area contributed by atoms with E-state index in [0.717, 1.165) is 0 Å². The van der Waals surface area contributed by atoms with Crippen LogP contribution in [0.15, 0.2) is 30.3 Å². The predicted octanol–water partition coefficient (Wildman–Crippen LogP) is 0.0463. The molecule has 1 amide bonds. The van der Waals surface area contributed by atoms with E-state index in [1.807, 2.05) is 6.07 Å². The molecular weight excluding hydrogens is 248 g/mol. The summed E-state index contributed by atoms with van der Waals surface area (Å²) in [6.45, 7) is 0.280. The lowest BCUT2D eigenvalue weighted by Crippen LogP contribution is -2.57. The minimum Gasteiger partial charge on any atom is -0.479 e. The molecule has 0 bridgehead atoms. The molecule has 1 saturated heterocycles. The number of carbonyl (C=O) groups excluding carboxylic acids is 1. The Balaban J connectivity index is 2.10. The number of rotatable bonds is 4. The Morgan fingerprint density at radius 3 is 2.58 bits per heavy atom. The summed E-state index contributed by atoms with van der Waals surface area (Å²) in [6.07, 6.45) is 0.246. The number of ether oxygens (including phenoxy) is 1. The molecule has 1 aliphatic heterocycles. The smallest absolute Gasteiger partial charge is 0.331 e. The number of carboxylic acids is 1. The molecule has 0 radical (unpaired) electrons. The molecule has 1 aromatic carbocycles. The third kappa shape index (κ3) is 2.74. The van der Waals surface area contributed by atoms with E-state index in [9.17, 15) is 14.7 Å². The molecule has 6 nitrogen and oxygen atoms in total. The zero-order valence-electron chi connectivity index (χ0n) is 10.3. The van der Waals surface area contributed by atoms with Crippen molar-refractivity contribution in [1.29, 1.82) is 0 Å². The molecule has 1 aliphatic rings. The normalized spacial score (nSPS) is 23.8. The van der Waals surface area contributed by atoms with Gasteiger partial charge in [0.05, 0.1) is 6.61 Å². The summed E-state index contributed by atoms with van der Waals surface area (Å²) in [5.41, 5.74) is 5.11. The Hall–Kier alpha value is -1.92. The van der Waals surface area contributed by atoms with E-state index >= 15 is 0 Å². The van der Waals surface area contributed by atoms with Gasteiger partial charge in [-0.1, -0.05) is 30.3 Å². The van der Waals surface area contributed by atoms with Crippen molar-refractivity contribution >= 4 is 11.9 Å². The molecule has 1 unspecified atom stereocenters. The fourth-order valence-electron chi connectivity index (χ4n) is 2.01. The van der Waals surface area contributed by atoms with Crippen LogP contribution in [0.5, 0.6) is 0 Å². The van der Waals surface area contributed by atoms with Gasteiger partial charge < -0.3 is 20.9 Å². The lowest BCUT2D eigenvalue weighted by atomic mass is 9.97. The van der Waals surface area contributed by atoms with Gasteiger partial charge in [0.25, 0.3) is 0 Å². The van der Waals surface area contributed by atoms with Gasteiger partial charge in [0.1, 0.15) is 6.04 Å². The molecular formula is C13H16N2O4. The van der Waals surface area contributed by atoms with Crippen molar-refractivity contribution < 1.29 is 19.4 Å². The quantitative estimate of drug-likeness (QED) is 0.713. The van der Waals surface area contributed by atoms with Gasteiger partial charge >= 0.3 is 5.97 Å². The second-order valence-corrected chi connectivity index (χ2v) is 4.57. The zero-order valence-corrected chi connectivity index (χ0v) is 10.3. The number of hydrogen-bond donors (Lipinski definition) is 3. The largest absolute Gasteiger partial charge is 0.479 e. The fraction of sp³-hybridized carbons (Fsp3) is 0.385. The van der Waals surface area contributed by atoms with Gasteiger partial charge in [0.15, 0.2) is 5.54 Å². The van der Waals surface area contributed by atoms with Crippen molar-refractivity contribution in [1.82, 2.24) is 5.32 Å². The first-order chi connectivity index (χ1) is 9.05. The number of amides is 1. The monoisotopic (exact) mass is 264 g/mol. The highest BCUT2D eigenvalue weighted by molar-refractivity contribution is 5.90. The summed E-state index contributed by atoms with van der Waals surface area (Å²) in [7, 11) is 0. The maximum Gasteiger partial charge on any atom is 0.331 e. The van der Waals surface area contributed by atoms with Crippen LogP contribution < -0.4 is 11.1 Å². The Labute approximate surface area is 110 Å². The molecule has 1 fully saturated rings. The van der Waals surface area contributed by atoms with Gasteiger partial charge in [0, 0.05) is 13.0 Å². The van der Waals surface area contributed by atoms with Crippen LogP contribution in [0.4, 0.5) is 0 Å². The highest BCUT2D eigenvalue weighted by Gasteiger charge is 2.44. The number of nitrogens with two attached hydrogens (primary N) is 1. The Morgan fingerprint density at radius 2 is 2.05 bits per heavy atom. The summed E-state index contributed by atoms with van der Waals surface area (Å²) in [5, 5.41) is 11.7. The second-order valence-electron chi connectivity index (χ2n) is 4.57. The van der Waals surface area contributed by atoms with Crippen LogP contribution in [0.3, 0.4) is 0 Å². The van der Waals surface area contributed by atoms with E-state index in [2.05, 4.69) is 5.32 Å². The van der Waals surface area contributed by atoms with E-state index in [1.165, 1.54) is 0 Å². The molecule has 19 heavy (non-hydrogen) atoms. The summed E-state index contributed by atoms with van der Waals surface area (Å²) in [6, 6.07) is 7.92. The molecule has 0 spiro atoms. The van der Waals surface area contributed by atoms with E-state index in [0.29, 0.717) is 12.2 Å². The van der Waals surface area contributed by atoms with E-state index in [1.54, 1.807) is 24.3 Å². The van der Waals surface area contributed by atoms with Crippen LogP contribution in [0.2, 0.25) is 0 Å². The highest BCUT2D eigenvalue weighted by atomic mass is 16.5. The number of hydrogen-bond acceptors (Lipinski definition) is 4. The molecule has 1 heterocycles. The summed E-state index contributed by atoms with van der Waals surface area (Å²) >= 11 is 0. The van der Waals surface area contributed by atoms with Crippen LogP contribution in [0.25, 0.3) is 0 Å². The molecule has 0 aromatic heterocycles. The van der Waals surface area contributed by atoms with Crippen LogP contribution >= 0.6 is 0 Å². The highest BCUT2D eigenvalue weighted by Crippen LogP contribution is 2.20. The number of carboxylic acid groups (broad SMARTS) is 1. The lowest BCUT2D eigenvalue weighted by molar-refractivity contribution is -0.147. The second kappa shape index (κ2) is 5.38. The Bertz CT molecular complexity index is 469. The molecule has 6 heteroatoms. The summed E-state index contributed by atoms with van der Waals surface area (Å²) in [4.78, 5) is 23.3. The standard InChI is InChI=1S/C13H16N2O4/c14-10(9-4-2-1-3-5-9)11(16)15-13(12(17)18)6-7-19-8-13/h1-5,10H,6-8,14H2,(H,15,16)(H,17,18)/t10-,13?/m0/s1. The zero-order chi connectivity index (χ0) is 13.9. The molecule has 2 rings (SSSR count). The number of benzene rings is 1. The van der Waals surface area contributed by atoms with Gasteiger partial charge in [-0.25, -0.2) is 4.79 Å². The third-order valence-electron chi connectivity index (χ3n) is 3.23. The van der Waals surface area contributed by atoms with E-state index < -0.39 is 23.5 Å². The van der Waals surface area contributed by atoms with Crippen LogP contribution in [-0.2, 0) is 14.3 Å². The van der Waals surface area contributed by atoms with Crippen molar-refractivity contribution in [3.8, 4) is 0 Å². The minimum atomic E-state index is -1.36. The summed E-state index contributed by atoms with van der Waals surface area (Å²) < 4.78 is 5.07. The van der Waals surface area contributed by atoms with E-state index in [4.69, 9.17) is 10.5 Å². The minimum absolute atomic E-state index is 0.0322. The number of aliphatic carboxylic acids is 1. The fourth-order valence-corrected chi connectivity index (χ4v) is 2.01. The number of carbonyl (C=O) groups is 2. The first kappa shape index (κ1) is 13.5. The van der Waals surface area contributed by atoms with Gasteiger partial charge in [-0.3, -0.25) is 4.79 Å². The van der Waals surface area contributed by atoms with E-state index in [-0.39, 0.29) is 13.0 Å². The molecule has 4 N–H and O–H groups in total.